The Balaban J connectivity index is 1.63. The number of aryl methyl sites for hydroxylation is 1. The van der Waals surface area contributed by atoms with E-state index < -0.39 is 17.5 Å². The van der Waals surface area contributed by atoms with Gasteiger partial charge in [-0.3, -0.25) is 0 Å². The molecule has 0 bridgehead atoms. The van der Waals surface area contributed by atoms with E-state index in [9.17, 15) is 18.3 Å². The van der Waals surface area contributed by atoms with Crippen molar-refractivity contribution in [1.29, 1.82) is 0 Å². The smallest absolute Gasteiger partial charge is 0.378 e. The van der Waals surface area contributed by atoms with Crippen LogP contribution < -0.4 is 5.32 Å². The van der Waals surface area contributed by atoms with Gasteiger partial charge in [0.05, 0.1) is 4.88 Å². The first-order valence-electron chi connectivity index (χ1n) is 9.62. The molecule has 1 atom stereocenters. The maximum atomic E-state index is 12.9. The number of pyridine rings is 1. The maximum absolute atomic E-state index is 12.9. The van der Waals surface area contributed by atoms with Crippen LogP contribution in [-0.4, -0.2) is 25.0 Å². The number of aliphatic hydroxyl groups is 1. The molecule has 0 spiro atoms. The number of thiazole rings is 1. The molecule has 4 rings (SSSR count). The second-order valence-corrected chi connectivity index (χ2v) is 9.29. The van der Waals surface area contributed by atoms with Crippen molar-refractivity contribution >= 4 is 38.9 Å². The number of alkyl halides is 3. The summed E-state index contributed by atoms with van der Waals surface area (Å²) >= 11 is 4.59. The van der Waals surface area contributed by atoms with Gasteiger partial charge < -0.3 is 10.4 Å². The van der Waals surface area contributed by atoms with Gasteiger partial charge in [-0.05, 0) is 65.2 Å². The summed E-state index contributed by atoms with van der Waals surface area (Å²) in [6.07, 6.45) is -0.268. The van der Waals surface area contributed by atoms with Gasteiger partial charge >= 0.3 is 6.18 Å². The quantitative estimate of drug-likeness (QED) is 0.301. The number of nitrogens with zero attached hydrogens (tertiary/aromatic N) is 4. The number of benzene rings is 1. The molecular formula is C22H17BrF3N5OS. The van der Waals surface area contributed by atoms with Crippen LogP contribution >= 0.6 is 27.3 Å². The van der Waals surface area contributed by atoms with Gasteiger partial charge in [-0.25, -0.2) is 19.9 Å². The Morgan fingerprint density at radius 3 is 2.52 bits per heavy atom. The minimum atomic E-state index is -4.56. The Morgan fingerprint density at radius 2 is 1.82 bits per heavy atom. The minimum absolute atomic E-state index is 0.156. The Labute approximate surface area is 199 Å². The number of anilines is 2. The summed E-state index contributed by atoms with van der Waals surface area (Å²) < 4.78 is 39.5. The lowest BCUT2D eigenvalue weighted by molar-refractivity contribution is -0.141. The predicted octanol–water partition coefficient (Wildman–Crippen LogP) is 6.08. The average molecular weight is 536 g/mol. The standard InChI is InChI=1S/C22H17BrF3N5OS/c1-12-7-13(9-15(8-12)30-20-27-6-5-17(31-20)22(24,25)26)16-11-29-19(33-16)21(2,32)14-3-4-18(23)28-10-14/h3-11,32H,1-2H3,(H,27,30,31)/t21-/m1/s1. The molecule has 0 amide bonds. The van der Waals surface area contributed by atoms with Gasteiger partial charge in [0.15, 0.2) is 0 Å². The average Bonchev–Trinajstić information content (AvgIpc) is 3.25. The van der Waals surface area contributed by atoms with E-state index in [1.807, 2.05) is 13.0 Å². The first-order chi connectivity index (χ1) is 15.5. The fourth-order valence-corrected chi connectivity index (χ4v) is 4.33. The van der Waals surface area contributed by atoms with Crippen LogP contribution in [0.3, 0.4) is 0 Å². The molecule has 0 saturated heterocycles. The molecule has 0 radical (unpaired) electrons. The molecule has 33 heavy (non-hydrogen) atoms. The van der Waals surface area contributed by atoms with Gasteiger partial charge in [-0.15, -0.1) is 11.3 Å². The van der Waals surface area contributed by atoms with E-state index in [1.54, 1.807) is 43.6 Å². The highest BCUT2D eigenvalue weighted by atomic mass is 79.9. The summed E-state index contributed by atoms with van der Waals surface area (Å²) in [7, 11) is 0. The van der Waals surface area contributed by atoms with E-state index in [4.69, 9.17) is 0 Å². The van der Waals surface area contributed by atoms with Gasteiger partial charge in [0.25, 0.3) is 0 Å². The molecule has 0 aliphatic heterocycles. The third-order valence-corrected chi connectivity index (χ3v) is 6.50. The highest BCUT2D eigenvalue weighted by molar-refractivity contribution is 9.10. The van der Waals surface area contributed by atoms with Crippen LogP contribution in [0.2, 0.25) is 0 Å². The highest BCUT2D eigenvalue weighted by Gasteiger charge is 2.33. The zero-order chi connectivity index (χ0) is 23.8. The van der Waals surface area contributed by atoms with Crippen LogP contribution in [0.1, 0.15) is 28.8 Å². The molecule has 0 fully saturated rings. The number of hydrogen-bond donors (Lipinski definition) is 2. The first-order valence-corrected chi connectivity index (χ1v) is 11.2. The van der Waals surface area contributed by atoms with Crippen molar-refractivity contribution in [2.75, 3.05) is 5.32 Å². The highest BCUT2D eigenvalue weighted by Crippen LogP contribution is 2.37. The molecule has 3 aromatic heterocycles. The maximum Gasteiger partial charge on any atom is 0.433 e. The Morgan fingerprint density at radius 1 is 1.03 bits per heavy atom. The Kier molecular flexibility index (Phi) is 6.21. The lowest BCUT2D eigenvalue weighted by atomic mass is 9.99. The zero-order valence-corrected chi connectivity index (χ0v) is 19.8. The number of hydrogen-bond acceptors (Lipinski definition) is 7. The van der Waals surface area contributed by atoms with Gasteiger partial charge in [0.1, 0.15) is 20.9 Å². The van der Waals surface area contributed by atoms with E-state index in [-0.39, 0.29) is 5.95 Å². The van der Waals surface area contributed by atoms with Crippen LogP contribution in [0.4, 0.5) is 24.8 Å². The number of aromatic nitrogens is 4. The van der Waals surface area contributed by atoms with E-state index in [1.165, 1.54) is 11.3 Å². The van der Waals surface area contributed by atoms with Crippen molar-refractivity contribution < 1.29 is 18.3 Å². The summed E-state index contributed by atoms with van der Waals surface area (Å²) in [5.41, 5.74) is 0.430. The van der Waals surface area contributed by atoms with Crippen molar-refractivity contribution in [2.24, 2.45) is 0 Å². The SMILES string of the molecule is Cc1cc(Nc2nccc(C(F)(F)F)n2)cc(-c2cnc([C@](C)(O)c3ccc(Br)nc3)s2)c1. The van der Waals surface area contributed by atoms with Crippen molar-refractivity contribution in [1.82, 2.24) is 19.9 Å². The molecular weight excluding hydrogens is 519 g/mol. The fourth-order valence-electron chi connectivity index (χ4n) is 3.12. The first kappa shape index (κ1) is 23.3. The number of nitrogens with one attached hydrogen (secondary N) is 1. The minimum Gasteiger partial charge on any atom is -0.378 e. The molecule has 0 unspecified atom stereocenters. The molecule has 2 N–H and O–H groups in total. The normalized spacial score (nSPS) is 13.5. The second-order valence-electron chi connectivity index (χ2n) is 7.45. The van der Waals surface area contributed by atoms with Gasteiger partial charge in [0, 0.05) is 29.8 Å². The monoisotopic (exact) mass is 535 g/mol. The lowest BCUT2D eigenvalue weighted by Gasteiger charge is -2.20. The second kappa shape index (κ2) is 8.81. The summed E-state index contributed by atoms with van der Waals surface area (Å²) in [4.78, 5) is 16.8. The number of halogens is 4. The molecule has 3 heterocycles. The van der Waals surface area contributed by atoms with Gasteiger partial charge in [-0.1, -0.05) is 12.1 Å². The van der Waals surface area contributed by atoms with E-state index in [2.05, 4.69) is 41.2 Å². The molecule has 170 valence electrons. The lowest BCUT2D eigenvalue weighted by Crippen LogP contribution is -2.22. The largest absolute Gasteiger partial charge is 0.433 e. The molecule has 1 aromatic carbocycles. The molecule has 4 aromatic rings. The summed E-state index contributed by atoms with van der Waals surface area (Å²) in [5.74, 6) is -0.156. The van der Waals surface area contributed by atoms with Crippen LogP contribution in [0.15, 0.2) is 59.6 Å². The molecule has 0 saturated carbocycles. The van der Waals surface area contributed by atoms with Crippen LogP contribution in [-0.2, 0) is 11.8 Å². The molecule has 0 aliphatic carbocycles. The Bertz CT molecular complexity index is 1290. The third-order valence-electron chi connectivity index (χ3n) is 4.78. The van der Waals surface area contributed by atoms with Crippen molar-refractivity contribution in [3.8, 4) is 10.4 Å². The van der Waals surface area contributed by atoms with Crippen LogP contribution in [0, 0.1) is 6.92 Å². The summed E-state index contributed by atoms with van der Waals surface area (Å²) in [5, 5.41) is 14.4. The topological polar surface area (TPSA) is 83.8 Å². The van der Waals surface area contributed by atoms with Gasteiger partial charge in [-0.2, -0.15) is 13.2 Å². The fraction of sp³-hybridized carbons (Fsp3) is 0.182. The number of rotatable bonds is 5. The predicted molar refractivity (Wildman–Crippen MR) is 123 cm³/mol. The van der Waals surface area contributed by atoms with Crippen LogP contribution in [0.5, 0.6) is 0 Å². The molecule has 0 aliphatic rings. The Hall–Kier alpha value is -2.89. The van der Waals surface area contributed by atoms with E-state index in [0.29, 0.717) is 20.9 Å². The van der Waals surface area contributed by atoms with Crippen molar-refractivity contribution in [3.63, 3.8) is 0 Å². The molecule has 11 heteroatoms. The van der Waals surface area contributed by atoms with E-state index >= 15 is 0 Å². The third kappa shape index (κ3) is 5.21. The zero-order valence-electron chi connectivity index (χ0n) is 17.4. The van der Waals surface area contributed by atoms with E-state index in [0.717, 1.165) is 28.3 Å². The van der Waals surface area contributed by atoms with Crippen LogP contribution in [0.25, 0.3) is 10.4 Å². The molecule has 6 nitrogen and oxygen atoms in total. The summed E-state index contributed by atoms with van der Waals surface area (Å²) in [6, 6.07) is 9.79. The van der Waals surface area contributed by atoms with Gasteiger partial charge in [0.2, 0.25) is 5.95 Å². The van der Waals surface area contributed by atoms with Crippen molar-refractivity contribution in [2.45, 2.75) is 25.6 Å². The summed E-state index contributed by atoms with van der Waals surface area (Å²) in [6.45, 7) is 3.52. The van der Waals surface area contributed by atoms with Crippen molar-refractivity contribution in [3.05, 3.63) is 81.4 Å².